The maximum Gasteiger partial charge on any atom is 0.247 e. The Labute approximate surface area is 171 Å². The van der Waals surface area contributed by atoms with Crippen molar-refractivity contribution in [2.24, 2.45) is 0 Å². The van der Waals surface area contributed by atoms with Crippen molar-refractivity contribution in [3.05, 3.63) is 57.8 Å². The van der Waals surface area contributed by atoms with Crippen molar-refractivity contribution in [2.45, 2.75) is 38.1 Å². The van der Waals surface area contributed by atoms with E-state index in [0.717, 1.165) is 18.5 Å². The number of fused-ring (bicyclic) bond motifs is 1. The highest BCUT2D eigenvalue weighted by Gasteiger charge is 2.27. The van der Waals surface area contributed by atoms with Crippen molar-refractivity contribution in [1.82, 2.24) is 9.21 Å². The molecule has 0 fully saturated rings. The monoisotopic (exact) mass is 418 g/mol. The van der Waals surface area contributed by atoms with E-state index in [1.807, 2.05) is 18.7 Å². The predicted molar refractivity (Wildman–Crippen MR) is 114 cm³/mol. The molecule has 0 N–H and O–H groups in total. The van der Waals surface area contributed by atoms with Gasteiger partial charge in [0.15, 0.2) is 0 Å². The van der Waals surface area contributed by atoms with E-state index < -0.39 is 10.0 Å². The highest BCUT2D eigenvalue weighted by atomic mass is 32.2. The number of amides is 1. The maximum absolute atomic E-state index is 12.6. The molecule has 2 heterocycles. The Morgan fingerprint density at radius 3 is 2.54 bits per heavy atom. The summed E-state index contributed by atoms with van der Waals surface area (Å²) >= 11 is 1.75. The molecule has 0 spiro atoms. The first kappa shape index (κ1) is 20.8. The van der Waals surface area contributed by atoms with Gasteiger partial charge in [0.1, 0.15) is 0 Å². The van der Waals surface area contributed by atoms with Gasteiger partial charge in [-0.2, -0.15) is 4.31 Å². The molecule has 5 nitrogen and oxygen atoms in total. The Morgan fingerprint density at radius 1 is 1.21 bits per heavy atom. The van der Waals surface area contributed by atoms with E-state index in [1.165, 1.54) is 14.7 Å². The van der Waals surface area contributed by atoms with Crippen molar-refractivity contribution in [2.75, 3.05) is 19.6 Å². The molecule has 1 atom stereocenters. The third kappa shape index (κ3) is 4.06. The summed E-state index contributed by atoms with van der Waals surface area (Å²) in [6, 6.07) is 8.84. The standard InChI is InChI=1S/C21H26N2O3S2/c1-4-22(5-2)28(25,26)18-9-6-17(7-10-18)8-11-21(24)23-14-12-20-19(16(23)3)13-15-27-20/h6-11,13,15-16H,4-5,12,14H2,1-3H3/b11-8+. The fourth-order valence-corrected chi connectivity index (χ4v) is 5.96. The second-order valence-corrected chi connectivity index (χ2v) is 9.69. The van der Waals surface area contributed by atoms with Crippen LogP contribution in [0.1, 0.15) is 42.8 Å². The first-order valence-electron chi connectivity index (χ1n) is 9.53. The SMILES string of the molecule is CCN(CC)S(=O)(=O)c1ccc(/C=C/C(=O)N2CCc3sccc3C2C)cc1. The summed E-state index contributed by atoms with van der Waals surface area (Å²) in [4.78, 5) is 16.2. The van der Waals surface area contributed by atoms with Gasteiger partial charge in [-0.1, -0.05) is 26.0 Å². The lowest BCUT2D eigenvalue weighted by Gasteiger charge is -2.32. The van der Waals surface area contributed by atoms with Crippen LogP contribution in [0.4, 0.5) is 0 Å². The highest BCUT2D eigenvalue weighted by Crippen LogP contribution is 2.32. The van der Waals surface area contributed by atoms with Gasteiger partial charge in [-0.15, -0.1) is 11.3 Å². The summed E-state index contributed by atoms with van der Waals surface area (Å²) in [6.07, 6.45) is 4.21. The molecule has 150 valence electrons. The van der Waals surface area contributed by atoms with Crippen LogP contribution in [0.3, 0.4) is 0 Å². The lowest BCUT2D eigenvalue weighted by molar-refractivity contribution is -0.128. The molecular formula is C21H26N2O3S2. The largest absolute Gasteiger partial charge is 0.332 e. The first-order chi connectivity index (χ1) is 13.4. The van der Waals surface area contributed by atoms with Crippen LogP contribution in [-0.2, 0) is 21.2 Å². The van der Waals surface area contributed by atoms with Crippen LogP contribution in [0.5, 0.6) is 0 Å². The average Bonchev–Trinajstić information content (AvgIpc) is 3.17. The Bertz CT molecular complexity index is 958. The Balaban J connectivity index is 1.70. The number of carbonyl (C=O) groups is 1. The lowest BCUT2D eigenvalue weighted by Crippen LogP contribution is -2.37. The second-order valence-electron chi connectivity index (χ2n) is 6.75. The quantitative estimate of drug-likeness (QED) is 0.668. The summed E-state index contributed by atoms with van der Waals surface area (Å²) in [6.45, 7) is 7.31. The molecule has 28 heavy (non-hydrogen) atoms. The predicted octanol–water partition coefficient (Wildman–Crippen LogP) is 3.94. The maximum atomic E-state index is 12.6. The molecular weight excluding hydrogens is 392 g/mol. The van der Waals surface area contributed by atoms with Crippen LogP contribution in [0.15, 0.2) is 46.7 Å². The van der Waals surface area contributed by atoms with Gasteiger partial charge in [0.25, 0.3) is 0 Å². The third-order valence-electron chi connectivity index (χ3n) is 5.20. The number of benzene rings is 1. The normalized spacial score (nSPS) is 17.3. The van der Waals surface area contributed by atoms with Gasteiger partial charge in [-0.05, 0) is 54.1 Å². The van der Waals surface area contributed by atoms with E-state index in [4.69, 9.17) is 0 Å². The summed E-state index contributed by atoms with van der Waals surface area (Å²) in [5, 5.41) is 2.08. The molecule has 0 saturated heterocycles. The molecule has 1 aromatic carbocycles. The van der Waals surface area contributed by atoms with E-state index in [9.17, 15) is 13.2 Å². The fourth-order valence-electron chi connectivity index (χ4n) is 3.54. The minimum atomic E-state index is -3.46. The molecule has 0 radical (unpaired) electrons. The topological polar surface area (TPSA) is 57.7 Å². The Kier molecular flexibility index (Phi) is 6.37. The number of hydrogen-bond donors (Lipinski definition) is 0. The van der Waals surface area contributed by atoms with Crippen molar-refractivity contribution in [3.63, 3.8) is 0 Å². The van der Waals surface area contributed by atoms with Gasteiger partial charge in [0, 0.05) is 30.6 Å². The second kappa shape index (κ2) is 8.59. The Hall–Kier alpha value is -1.96. The summed E-state index contributed by atoms with van der Waals surface area (Å²) in [7, 11) is -3.46. The van der Waals surface area contributed by atoms with E-state index >= 15 is 0 Å². The lowest BCUT2D eigenvalue weighted by atomic mass is 10.0. The number of carbonyl (C=O) groups excluding carboxylic acids is 1. The van der Waals surface area contributed by atoms with Gasteiger partial charge in [0.2, 0.25) is 15.9 Å². The van der Waals surface area contributed by atoms with E-state index in [2.05, 4.69) is 18.4 Å². The minimum absolute atomic E-state index is 0.0239. The van der Waals surface area contributed by atoms with Crippen molar-refractivity contribution >= 4 is 33.3 Å². The van der Waals surface area contributed by atoms with Crippen molar-refractivity contribution < 1.29 is 13.2 Å². The number of thiophene rings is 1. The van der Waals surface area contributed by atoms with Gasteiger partial charge in [0.05, 0.1) is 10.9 Å². The molecule has 3 rings (SSSR count). The molecule has 0 aliphatic carbocycles. The molecule has 2 aromatic rings. The number of sulfonamides is 1. The van der Waals surface area contributed by atoms with Crippen LogP contribution in [0, 0.1) is 0 Å². The zero-order valence-corrected chi connectivity index (χ0v) is 18.1. The highest BCUT2D eigenvalue weighted by molar-refractivity contribution is 7.89. The zero-order valence-electron chi connectivity index (χ0n) is 16.5. The molecule has 1 aliphatic rings. The molecule has 7 heteroatoms. The number of rotatable bonds is 6. The Morgan fingerprint density at radius 2 is 1.89 bits per heavy atom. The smallest absolute Gasteiger partial charge is 0.247 e. The average molecular weight is 419 g/mol. The molecule has 1 unspecified atom stereocenters. The van der Waals surface area contributed by atoms with E-state index in [1.54, 1.807) is 47.8 Å². The molecule has 1 aromatic heterocycles. The summed E-state index contributed by atoms with van der Waals surface area (Å²) in [5.74, 6) is -0.0239. The van der Waals surface area contributed by atoms with Crippen LogP contribution in [0.2, 0.25) is 0 Å². The van der Waals surface area contributed by atoms with Crippen LogP contribution >= 0.6 is 11.3 Å². The van der Waals surface area contributed by atoms with E-state index in [-0.39, 0.29) is 16.8 Å². The molecule has 0 saturated carbocycles. The van der Waals surface area contributed by atoms with Crippen LogP contribution in [0.25, 0.3) is 6.08 Å². The number of nitrogens with zero attached hydrogens (tertiary/aromatic N) is 2. The van der Waals surface area contributed by atoms with Crippen LogP contribution < -0.4 is 0 Å². The van der Waals surface area contributed by atoms with E-state index in [0.29, 0.717) is 13.1 Å². The van der Waals surface area contributed by atoms with Crippen molar-refractivity contribution in [3.8, 4) is 0 Å². The summed E-state index contributed by atoms with van der Waals surface area (Å²) < 4.78 is 26.5. The van der Waals surface area contributed by atoms with Gasteiger partial charge in [-0.25, -0.2) is 8.42 Å². The molecule has 1 aliphatic heterocycles. The van der Waals surface area contributed by atoms with Crippen LogP contribution in [-0.4, -0.2) is 43.2 Å². The van der Waals surface area contributed by atoms with Gasteiger partial charge in [-0.3, -0.25) is 4.79 Å². The molecule has 1 amide bonds. The third-order valence-corrected chi connectivity index (χ3v) is 8.26. The first-order valence-corrected chi connectivity index (χ1v) is 11.9. The minimum Gasteiger partial charge on any atom is -0.332 e. The molecule has 0 bridgehead atoms. The fraction of sp³-hybridized carbons (Fsp3) is 0.381. The van der Waals surface area contributed by atoms with Crippen molar-refractivity contribution in [1.29, 1.82) is 0 Å². The zero-order chi connectivity index (χ0) is 20.3. The summed E-state index contributed by atoms with van der Waals surface area (Å²) in [5.41, 5.74) is 2.04. The van der Waals surface area contributed by atoms with Gasteiger partial charge < -0.3 is 4.90 Å². The van der Waals surface area contributed by atoms with Gasteiger partial charge >= 0.3 is 0 Å². The number of hydrogen-bond acceptors (Lipinski definition) is 4.